The summed E-state index contributed by atoms with van der Waals surface area (Å²) in [7, 11) is 0. The van der Waals surface area contributed by atoms with Gasteiger partial charge in [0, 0.05) is 12.1 Å². The fourth-order valence-corrected chi connectivity index (χ4v) is 2.71. The Morgan fingerprint density at radius 3 is 2.81 bits per heavy atom. The number of anilines is 2. The van der Waals surface area contributed by atoms with Crippen molar-refractivity contribution in [1.82, 2.24) is 10.8 Å². The standard InChI is InChI=1S/C19H20FN3O4/c1-10-3-4-16(15(20)5-10)22-17-7-13-12(8-21-18(13)25)6-14(17)19(26)23-27-9-11(2)24/h3-7,11,22,24H,8-9H2,1-2H3,(H,21,25)(H,23,26). The molecule has 1 heterocycles. The molecule has 2 amide bonds. The van der Waals surface area contributed by atoms with Crippen LogP contribution in [-0.2, 0) is 11.4 Å². The predicted molar refractivity (Wildman–Crippen MR) is 97.1 cm³/mol. The second-order valence-electron chi connectivity index (χ2n) is 6.44. The van der Waals surface area contributed by atoms with Gasteiger partial charge in [0.25, 0.3) is 11.8 Å². The lowest BCUT2D eigenvalue weighted by molar-refractivity contribution is -0.00683. The van der Waals surface area contributed by atoms with E-state index < -0.39 is 17.8 Å². The van der Waals surface area contributed by atoms with E-state index >= 15 is 0 Å². The van der Waals surface area contributed by atoms with Crippen LogP contribution < -0.4 is 16.1 Å². The molecule has 0 saturated carbocycles. The molecule has 3 rings (SSSR count). The van der Waals surface area contributed by atoms with Crippen LogP contribution in [0, 0.1) is 12.7 Å². The SMILES string of the molecule is Cc1ccc(Nc2cc3c(cc2C(=O)NOCC(C)O)CNC3=O)c(F)c1. The summed E-state index contributed by atoms with van der Waals surface area (Å²) in [6, 6.07) is 7.73. The minimum Gasteiger partial charge on any atom is -0.391 e. The molecular weight excluding hydrogens is 353 g/mol. The molecule has 2 aromatic rings. The number of carbonyl (C=O) groups excluding carboxylic acids is 2. The summed E-state index contributed by atoms with van der Waals surface area (Å²) in [5, 5.41) is 14.8. The molecule has 0 spiro atoms. The number of aliphatic hydroxyl groups excluding tert-OH is 1. The van der Waals surface area contributed by atoms with Crippen LogP contribution in [0.4, 0.5) is 15.8 Å². The van der Waals surface area contributed by atoms with Crippen molar-refractivity contribution in [2.24, 2.45) is 0 Å². The minimum absolute atomic E-state index is 0.0773. The third-order valence-corrected chi connectivity index (χ3v) is 4.06. The summed E-state index contributed by atoms with van der Waals surface area (Å²) in [5.41, 5.74) is 4.73. The van der Waals surface area contributed by atoms with Gasteiger partial charge in [0.2, 0.25) is 0 Å². The van der Waals surface area contributed by atoms with Gasteiger partial charge in [0.15, 0.2) is 0 Å². The molecule has 0 aliphatic carbocycles. The molecule has 0 fully saturated rings. The van der Waals surface area contributed by atoms with Crippen molar-refractivity contribution >= 4 is 23.2 Å². The predicted octanol–water partition coefficient (Wildman–Crippen LogP) is 2.16. The Labute approximate surface area is 155 Å². The van der Waals surface area contributed by atoms with Crippen LogP contribution in [0.1, 0.15) is 38.8 Å². The van der Waals surface area contributed by atoms with E-state index in [1.54, 1.807) is 25.1 Å². The zero-order valence-corrected chi connectivity index (χ0v) is 14.9. The second kappa shape index (κ2) is 7.73. The summed E-state index contributed by atoms with van der Waals surface area (Å²) in [6.07, 6.45) is -0.744. The fourth-order valence-electron chi connectivity index (χ4n) is 2.71. The number of rotatable bonds is 6. The highest BCUT2D eigenvalue weighted by Gasteiger charge is 2.24. The minimum atomic E-state index is -0.744. The van der Waals surface area contributed by atoms with E-state index in [1.165, 1.54) is 19.1 Å². The third-order valence-electron chi connectivity index (χ3n) is 4.06. The smallest absolute Gasteiger partial charge is 0.276 e. The Bertz CT molecular complexity index is 899. The zero-order valence-electron chi connectivity index (χ0n) is 14.9. The Hall–Kier alpha value is -2.97. The molecule has 7 nitrogen and oxygen atoms in total. The summed E-state index contributed by atoms with van der Waals surface area (Å²) >= 11 is 0. The van der Waals surface area contributed by atoms with Gasteiger partial charge >= 0.3 is 0 Å². The molecule has 27 heavy (non-hydrogen) atoms. The summed E-state index contributed by atoms with van der Waals surface area (Å²) in [5.74, 6) is -1.31. The van der Waals surface area contributed by atoms with E-state index in [2.05, 4.69) is 16.1 Å². The second-order valence-corrected chi connectivity index (χ2v) is 6.44. The Kier molecular flexibility index (Phi) is 5.38. The van der Waals surface area contributed by atoms with Crippen molar-refractivity contribution in [2.45, 2.75) is 26.5 Å². The van der Waals surface area contributed by atoms with E-state index in [1.807, 2.05) is 0 Å². The summed E-state index contributed by atoms with van der Waals surface area (Å²) in [4.78, 5) is 29.4. The highest BCUT2D eigenvalue weighted by molar-refractivity contribution is 6.05. The number of aliphatic hydroxyl groups is 1. The van der Waals surface area contributed by atoms with Crippen molar-refractivity contribution in [3.63, 3.8) is 0 Å². The first-order valence-corrected chi connectivity index (χ1v) is 8.43. The molecule has 1 atom stereocenters. The summed E-state index contributed by atoms with van der Waals surface area (Å²) in [6.45, 7) is 3.52. The van der Waals surface area contributed by atoms with Gasteiger partial charge in [-0.2, -0.15) is 0 Å². The first kappa shape index (κ1) is 18.8. The van der Waals surface area contributed by atoms with Crippen molar-refractivity contribution in [3.05, 3.63) is 58.4 Å². The van der Waals surface area contributed by atoms with Crippen molar-refractivity contribution in [1.29, 1.82) is 0 Å². The Morgan fingerprint density at radius 2 is 2.11 bits per heavy atom. The Morgan fingerprint density at radius 1 is 1.33 bits per heavy atom. The lowest BCUT2D eigenvalue weighted by Crippen LogP contribution is -2.28. The molecule has 1 aliphatic heterocycles. The maximum Gasteiger partial charge on any atom is 0.276 e. The van der Waals surface area contributed by atoms with E-state index in [0.717, 1.165) is 5.56 Å². The van der Waals surface area contributed by atoms with Crippen LogP contribution in [0.25, 0.3) is 0 Å². The molecule has 0 saturated heterocycles. The van der Waals surface area contributed by atoms with Crippen LogP contribution in [0.5, 0.6) is 0 Å². The number of hydroxylamine groups is 1. The number of amides is 2. The van der Waals surface area contributed by atoms with Gasteiger partial charge in [0.05, 0.1) is 23.0 Å². The number of carbonyl (C=O) groups is 2. The van der Waals surface area contributed by atoms with Gasteiger partial charge in [-0.05, 0) is 49.2 Å². The highest BCUT2D eigenvalue weighted by Crippen LogP contribution is 2.29. The van der Waals surface area contributed by atoms with Gasteiger partial charge in [0.1, 0.15) is 12.4 Å². The quantitative estimate of drug-likeness (QED) is 0.582. The van der Waals surface area contributed by atoms with Crippen LogP contribution >= 0.6 is 0 Å². The molecule has 8 heteroatoms. The normalized spacial score (nSPS) is 13.7. The Balaban J connectivity index is 1.93. The largest absolute Gasteiger partial charge is 0.391 e. The lowest BCUT2D eigenvalue weighted by atomic mass is 10.0. The van der Waals surface area contributed by atoms with E-state index in [4.69, 9.17) is 4.84 Å². The molecule has 1 aliphatic rings. The third kappa shape index (κ3) is 4.24. The summed E-state index contributed by atoms with van der Waals surface area (Å²) < 4.78 is 14.2. The topological polar surface area (TPSA) is 99.7 Å². The zero-order chi connectivity index (χ0) is 19.6. The lowest BCUT2D eigenvalue weighted by Gasteiger charge is -2.15. The first-order valence-electron chi connectivity index (χ1n) is 8.43. The molecular formula is C19H20FN3O4. The van der Waals surface area contributed by atoms with E-state index in [-0.39, 0.29) is 29.5 Å². The number of hydrogen-bond acceptors (Lipinski definition) is 5. The number of aryl methyl sites for hydroxylation is 1. The number of hydrogen-bond donors (Lipinski definition) is 4. The molecule has 1 unspecified atom stereocenters. The number of halogens is 1. The molecule has 0 bridgehead atoms. The number of benzene rings is 2. The first-order chi connectivity index (χ1) is 12.8. The van der Waals surface area contributed by atoms with Gasteiger partial charge in [-0.1, -0.05) is 6.07 Å². The van der Waals surface area contributed by atoms with Gasteiger partial charge in [-0.3, -0.25) is 14.4 Å². The average Bonchev–Trinajstić information content (AvgIpc) is 2.96. The molecule has 0 aromatic heterocycles. The van der Waals surface area contributed by atoms with Crippen molar-refractivity contribution in [3.8, 4) is 0 Å². The van der Waals surface area contributed by atoms with E-state index in [0.29, 0.717) is 17.7 Å². The van der Waals surface area contributed by atoms with Gasteiger partial charge in [-0.15, -0.1) is 0 Å². The van der Waals surface area contributed by atoms with Crippen LogP contribution in [0.3, 0.4) is 0 Å². The number of fused-ring (bicyclic) bond motifs is 1. The fraction of sp³-hybridized carbons (Fsp3) is 0.263. The van der Waals surface area contributed by atoms with Gasteiger partial charge in [-0.25, -0.2) is 9.87 Å². The molecule has 0 radical (unpaired) electrons. The van der Waals surface area contributed by atoms with Crippen LogP contribution in [-0.4, -0.2) is 29.6 Å². The highest BCUT2D eigenvalue weighted by atomic mass is 19.1. The van der Waals surface area contributed by atoms with E-state index in [9.17, 15) is 19.1 Å². The average molecular weight is 373 g/mol. The monoisotopic (exact) mass is 373 g/mol. The van der Waals surface area contributed by atoms with Crippen LogP contribution in [0.2, 0.25) is 0 Å². The maximum atomic E-state index is 14.2. The molecule has 4 N–H and O–H groups in total. The van der Waals surface area contributed by atoms with Crippen molar-refractivity contribution < 1.29 is 23.9 Å². The molecule has 2 aromatic carbocycles. The molecule has 142 valence electrons. The number of nitrogens with one attached hydrogen (secondary N) is 3. The van der Waals surface area contributed by atoms with Crippen molar-refractivity contribution in [2.75, 3.05) is 11.9 Å². The maximum absolute atomic E-state index is 14.2. The van der Waals surface area contributed by atoms with Crippen LogP contribution in [0.15, 0.2) is 30.3 Å². The van der Waals surface area contributed by atoms with Gasteiger partial charge < -0.3 is 15.7 Å².